The van der Waals surface area contributed by atoms with Crippen LogP contribution in [-0.2, 0) is 28.9 Å². The number of fused-ring (bicyclic) bond motifs is 6. The zero-order chi connectivity index (χ0) is 31.6. The van der Waals surface area contributed by atoms with Gasteiger partial charge in [-0.25, -0.2) is 4.68 Å². The van der Waals surface area contributed by atoms with Gasteiger partial charge in [-0.05, 0) is 51.3 Å². The number of phenols is 4. The molecule has 1 aromatic heterocycles. The molecule has 4 N–H and O–H groups in total. The maximum absolute atomic E-state index is 13.8. The number of hydrogen-bond donors (Lipinski definition) is 4. The van der Waals surface area contributed by atoms with Gasteiger partial charge in [-0.15, -0.1) is 0 Å². The molecule has 12 heteroatoms. The Morgan fingerprint density at radius 3 is 2.23 bits per heavy atom. The molecule has 0 atom stereocenters. The summed E-state index contributed by atoms with van der Waals surface area (Å²) in [6.07, 6.45) is 1.31. The molecule has 1 heterocycles. The van der Waals surface area contributed by atoms with Crippen molar-refractivity contribution in [3.05, 3.63) is 67.6 Å². The molecule has 0 aliphatic heterocycles. The van der Waals surface area contributed by atoms with Gasteiger partial charge < -0.3 is 34.6 Å². The molecule has 2 aliphatic carbocycles. The molecular weight excluding hydrogens is 572 g/mol. The molecular formula is C32H30N2O10. The number of carbonyl (C=O) groups is 2. The average molecular weight is 603 g/mol. The maximum Gasteiger partial charge on any atom is 0.278 e. The molecule has 6 rings (SSSR count). The van der Waals surface area contributed by atoms with Gasteiger partial charge in [0.15, 0.2) is 12.1 Å². The minimum absolute atomic E-state index is 0.00971. The van der Waals surface area contributed by atoms with Crippen LogP contribution in [0.1, 0.15) is 62.4 Å². The molecule has 0 bridgehead atoms. The monoisotopic (exact) mass is 602 g/mol. The van der Waals surface area contributed by atoms with E-state index in [4.69, 9.17) is 14.2 Å². The van der Waals surface area contributed by atoms with Crippen LogP contribution in [0.2, 0.25) is 0 Å². The highest BCUT2D eigenvalue weighted by Crippen LogP contribution is 2.54. The zero-order valence-corrected chi connectivity index (χ0v) is 24.5. The highest BCUT2D eigenvalue weighted by atomic mass is 16.7. The van der Waals surface area contributed by atoms with E-state index in [0.29, 0.717) is 36.1 Å². The van der Waals surface area contributed by atoms with E-state index in [1.807, 2.05) is 0 Å². The van der Waals surface area contributed by atoms with Crippen molar-refractivity contribution in [3.8, 4) is 39.9 Å². The number of ketones is 2. The fourth-order valence-corrected chi connectivity index (χ4v) is 6.28. The third-order valence-electron chi connectivity index (χ3n) is 8.30. The van der Waals surface area contributed by atoms with E-state index < -0.39 is 52.0 Å². The van der Waals surface area contributed by atoms with Gasteiger partial charge in [0.25, 0.3) is 5.56 Å². The summed E-state index contributed by atoms with van der Waals surface area (Å²) in [5, 5.41) is 49.0. The third-order valence-corrected chi connectivity index (χ3v) is 8.30. The summed E-state index contributed by atoms with van der Waals surface area (Å²) < 4.78 is 17.9. The molecule has 44 heavy (non-hydrogen) atoms. The first-order chi connectivity index (χ1) is 21.0. The number of carbonyl (C=O) groups excluding carboxylic acids is 2. The number of benzene rings is 3. The smallest absolute Gasteiger partial charge is 0.278 e. The third kappa shape index (κ3) is 4.05. The lowest BCUT2D eigenvalue weighted by atomic mass is 9.75. The molecule has 0 fully saturated rings. The number of hydrogen-bond acceptors (Lipinski definition) is 11. The van der Waals surface area contributed by atoms with Crippen molar-refractivity contribution in [3.63, 3.8) is 0 Å². The Morgan fingerprint density at radius 1 is 0.864 bits per heavy atom. The summed E-state index contributed by atoms with van der Waals surface area (Å²) in [5.41, 5.74) is -0.688. The number of methoxy groups -OCH3 is 1. The lowest BCUT2D eigenvalue weighted by Gasteiger charge is -2.30. The second-order valence-corrected chi connectivity index (χ2v) is 10.6. The van der Waals surface area contributed by atoms with Crippen LogP contribution in [0.25, 0.3) is 21.9 Å². The van der Waals surface area contributed by atoms with Crippen LogP contribution < -0.4 is 10.3 Å². The topological polar surface area (TPSA) is 178 Å². The minimum Gasteiger partial charge on any atom is -0.508 e. The molecule has 0 unspecified atom stereocenters. The van der Waals surface area contributed by atoms with Crippen LogP contribution in [0, 0.1) is 6.92 Å². The number of aromatic hydroxyl groups is 4. The number of aryl methyl sites for hydroxylation is 1. The van der Waals surface area contributed by atoms with Crippen molar-refractivity contribution < 1.29 is 44.2 Å². The zero-order valence-electron chi connectivity index (χ0n) is 24.5. The highest BCUT2D eigenvalue weighted by Gasteiger charge is 2.42. The van der Waals surface area contributed by atoms with Crippen LogP contribution in [0.3, 0.4) is 0 Å². The van der Waals surface area contributed by atoms with Crippen molar-refractivity contribution in [2.24, 2.45) is 0 Å². The van der Waals surface area contributed by atoms with Crippen molar-refractivity contribution in [2.45, 2.75) is 46.4 Å². The lowest BCUT2D eigenvalue weighted by Crippen LogP contribution is -2.32. The number of nitrogens with zero attached hydrogens (tertiary/aromatic N) is 2. The van der Waals surface area contributed by atoms with E-state index in [1.54, 1.807) is 19.9 Å². The largest absolute Gasteiger partial charge is 0.508 e. The van der Waals surface area contributed by atoms with E-state index in [9.17, 15) is 34.8 Å². The Balaban J connectivity index is 1.61. The molecule has 0 saturated heterocycles. The number of rotatable bonds is 7. The quantitative estimate of drug-likeness (QED) is 0.201. The molecule has 4 aromatic rings. The Labute approximate surface area is 250 Å². The average Bonchev–Trinajstić information content (AvgIpc) is 2.99. The molecule has 3 aromatic carbocycles. The molecule has 0 radical (unpaired) electrons. The number of aromatic nitrogens is 2. The summed E-state index contributed by atoms with van der Waals surface area (Å²) in [4.78, 5) is 41.3. The summed E-state index contributed by atoms with van der Waals surface area (Å²) in [6, 6.07) is 2.77. The van der Waals surface area contributed by atoms with E-state index >= 15 is 0 Å². The van der Waals surface area contributed by atoms with Crippen LogP contribution >= 0.6 is 0 Å². The van der Waals surface area contributed by atoms with Gasteiger partial charge >= 0.3 is 0 Å². The Kier molecular flexibility index (Phi) is 7.05. The van der Waals surface area contributed by atoms with E-state index in [2.05, 4.69) is 5.10 Å². The van der Waals surface area contributed by atoms with Gasteiger partial charge in [0, 0.05) is 46.4 Å². The molecule has 0 saturated carbocycles. The lowest BCUT2D eigenvalue weighted by molar-refractivity contribution is -0.145. The molecule has 2 aliphatic rings. The van der Waals surface area contributed by atoms with E-state index in [-0.39, 0.29) is 57.5 Å². The van der Waals surface area contributed by atoms with Crippen molar-refractivity contribution in [2.75, 3.05) is 20.3 Å². The van der Waals surface area contributed by atoms with Gasteiger partial charge in [0.1, 0.15) is 28.7 Å². The number of phenolic OH excluding ortho intramolecular Hbond substituents is 4. The van der Waals surface area contributed by atoms with Crippen LogP contribution in [0.5, 0.6) is 28.7 Å². The van der Waals surface area contributed by atoms with E-state index in [1.165, 1.54) is 20.2 Å². The van der Waals surface area contributed by atoms with Crippen molar-refractivity contribution in [1.82, 2.24) is 9.78 Å². The summed E-state index contributed by atoms with van der Waals surface area (Å²) in [6.45, 7) is 5.64. The summed E-state index contributed by atoms with van der Waals surface area (Å²) >= 11 is 0. The van der Waals surface area contributed by atoms with Crippen LogP contribution in [0.15, 0.2) is 23.1 Å². The van der Waals surface area contributed by atoms with Gasteiger partial charge in [-0.3, -0.25) is 14.4 Å². The van der Waals surface area contributed by atoms with E-state index in [0.717, 1.165) is 10.7 Å². The Bertz CT molecular complexity index is 1970. The predicted octanol–water partition coefficient (Wildman–Crippen LogP) is 3.48. The number of ether oxygens (including phenoxy) is 3. The van der Waals surface area contributed by atoms with Gasteiger partial charge in [0.2, 0.25) is 5.78 Å². The second kappa shape index (κ2) is 10.6. The van der Waals surface area contributed by atoms with Crippen molar-refractivity contribution >= 4 is 22.3 Å². The Hall–Kier alpha value is -4.94. The highest BCUT2D eigenvalue weighted by molar-refractivity contribution is 6.32. The normalized spacial score (nSPS) is 13.6. The summed E-state index contributed by atoms with van der Waals surface area (Å²) in [7, 11) is 1.31. The molecule has 0 amide bonds. The standard InChI is InChI=1S/C32H30N2O10/c1-5-43-19(44-6-2)12-34-32(41)21-15(11-33-34)9-14-7-8-16-22(20(14)28(21)38)29(39)24-25(31(16)42-4)30(40)23-17(27(24)37)10-18(35)13(3)26(23)36/h9-11,19,35-36,38-39H,5-8,12H2,1-4H3. The minimum atomic E-state index is -0.823. The Morgan fingerprint density at radius 2 is 1.57 bits per heavy atom. The predicted molar refractivity (Wildman–Crippen MR) is 157 cm³/mol. The second-order valence-electron chi connectivity index (χ2n) is 10.6. The first-order valence-electron chi connectivity index (χ1n) is 14.1. The SMILES string of the molecule is CCOC(Cn1ncc2cc3c(c(O)c2c1=O)-c1c(O)c2c(c(OC)c1CC3)C(=O)c1c(cc(O)c(C)c1O)C2=O)OCC. The molecule has 228 valence electrons. The van der Waals surface area contributed by atoms with Crippen LogP contribution in [-0.4, -0.2) is 68.4 Å². The molecule has 0 spiro atoms. The molecule has 12 nitrogen and oxygen atoms in total. The fourth-order valence-electron chi connectivity index (χ4n) is 6.28. The maximum atomic E-state index is 13.8. The summed E-state index contributed by atoms with van der Waals surface area (Å²) in [5.74, 6) is -3.53. The van der Waals surface area contributed by atoms with Crippen molar-refractivity contribution in [1.29, 1.82) is 0 Å². The van der Waals surface area contributed by atoms with Crippen LogP contribution in [0.4, 0.5) is 0 Å². The first kappa shape index (κ1) is 29.1. The fraction of sp³-hybridized carbons (Fsp3) is 0.312. The van der Waals surface area contributed by atoms with Gasteiger partial charge in [0.05, 0.1) is 41.9 Å². The first-order valence-corrected chi connectivity index (χ1v) is 14.1. The van der Waals surface area contributed by atoms with Gasteiger partial charge in [-0.1, -0.05) is 0 Å². The van der Waals surface area contributed by atoms with Gasteiger partial charge in [-0.2, -0.15) is 5.10 Å².